The summed E-state index contributed by atoms with van der Waals surface area (Å²) in [5.74, 6) is 0. The van der Waals surface area contributed by atoms with Gasteiger partial charge in [0.15, 0.2) is 0 Å². The van der Waals surface area contributed by atoms with E-state index in [-0.39, 0.29) is 10.7 Å². The molecule has 0 bridgehead atoms. The average molecular weight is 369 g/mol. The van der Waals surface area contributed by atoms with E-state index in [0.29, 0.717) is 6.54 Å². The molecule has 0 aromatic rings. The summed E-state index contributed by atoms with van der Waals surface area (Å²) in [5, 5.41) is 11.5. The van der Waals surface area contributed by atoms with E-state index in [4.69, 9.17) is 5.73 Å². The van der Waals surface area contributed by atoms with Crippen LogP contribution in [0.15, 0.2) is 12.2 Å². The molecule has 0 amide bonds. The van der Waals surface area contributed by atoms with E-state index in [9.17, 15) is 5.21 Å². The van der Waals surface area contributed by atoms with Crippen LogP contribution >= 0.6 is 0 Å². The third-order valence-corrected chi connectivity index (χ3v) is 5.11. The van der Waals surface area contributed by atoms with Crippen LogP contribution in [0.2, 0.25) is 0 Å². The number of rotatable bonds is 19. The fourth-order valence-corrected chi connectivity index (χ4v) is 3.28. The third-order valence-electron chi connectivity index (χ3n) is 5.11. The highest BCUT2D eigenvalue weighted by molar-refractivity contribution is 4.91. The van der Waals surface area contributed by atoms with Gasteiger partial charge in [0, 0.05) is 12.5 Å². The van der Waals surface area contributed by atoms with Crippen LogP contribution in [0, 0.1) is 5.21 Å². The molecule has 1 unspecified atom stereocenters. The van der Waals surface area contributed by atoms with E-state index in [2.05, 4.69) is 19.1 Å². The lowest BCUT2D eigenvalue weighted by Crippen LogP contribution is -2.36. The predicted molar refractivity (Wildman–Crippen MR) is 117 cm³/mol. The fraction of sp³-hybridized carbons (Fsp3) is 0.913. The Labute approximate surface area is 164 Å². The standard InChI is InChI=1S/C23H48N2O/c1-4-5-6-7-8-9-10-11-12-13-14-15-16-17-18-19-20-23(24)21-22-25(2,3)26/h19-20,23H,4-18,21-22,24H2,1-3H3. The normalized spacial score (nSPS) is 13.6. The molecule has 0 aliphatic rings. The second kappa shape index (κ2) is 18.0. The van der Waals surface area contributed by atoms with E-state index in [1.165, 1.54) is 89.9 Å². The van der Waals surface area contributed by atoms with Gasteiger partial charge in [0.2, 0.25) is 0 Å². The minimum Gasteiger partial charge on any atom is -0.633 e. The Morgan fingerprint density at radius 2 is 1.19 bits per heavy atom. The smallest absolute Gasteiger partial charge is 0.0797 e. The second-order valence-electron chi connectivity index (χ2n) is 8.56. The first-order chi connectivity index (χ1) is 12.5. The predicted octanol–water partition coefficient (Wildman–Crippen LogP) is 6.71. The molecule has 2 N–H and O–H groups in total. The van der Waals surface area contributed by atoms with Crippen molar-refractivity contribution in [1.29, 1.82) is 0 Å². The Morgan fingerprint density at radius 1 is 0.769 bits per heavy atom. The van der Waals surface area contributed by atoms with Crippen molar-refractivity contribution in [1.82, 2.24) is 0 Å². The number of hydrogen-bond acceptors (Lipinski definition) is 2. The zero-order chi connectivity index (χ0) is 19.5. The molecule has 0 fully saturated rings. The topological polar surface area (TPSA) is 49.1 Å². The van der Waals surface area contributed by atoms with Gasteiger partial charge in [-0.3, -0.25) is 0 Å². The Balaban J connectivity index is 3.23. The number of allylic oxidation sites excluding steroid dienone is 1. The minimum atomic E-state index is -0.250. The van der Waals surface area contributed by atoms with Crippen molar-refractivity contribution in [2.75, 3.05) is 20.6 Å². The minimum absolute atomic E-state index is 0.0352. The molecule has 156 valence electrons. The summed E-state index contributed by atoms with van der Waals surface area (Å²) < 4.78 is -0.250. The number of hydroxylamine groups is 3. The molecule has 0 saturated heterocycles. The monoisotopic (exact) mass is 368 g/mol. The van der Waals surface area contributed by atoms with Gasteiger partial charge in [0.05, 0.1) is 20.6 Å². The maximum absolute atomic E-state index is 11.5. The summed E-state index contributed by atoms with van der Waals surface area (Å²) in [4.78, 5) is 0. The largest absolute Gasteiger partial charge is 0.633 e. The Kier molecular flexibility index (Phi) is 17.7. The molecule has 0 aliphatic carbocycles. The maximum atomic E-state index is 11.5. The van der Waals surface area contributed by atoms with Crippen molar-refractivity contribution in [2.45, 2.75) is 116 Å². The van der Waals surface area contributed by atoms with Gasteiger partial charge in [-0.1, -0.05) is 103 Å². The highest BCUT2D eigenvalue weighted by Crippen LogP contribution is 2.13. The first-order valence-electron chi connectivity index (χ1n) is 11.4. The van der Waals surface area contributed by atoms with Crippen molar-refractivity contribution in [3.05, 3.63) is 17.4 Å². The highest BCUT2D eigenvalue weighted by atomic mass is 16.5. The summed E-state index contributed by atoms with van der Waals surface area (Å²) >= 11 is 0. The van der Waals surface area contributed by atoms with Crippen LogP contribution in [0.3, 0.4) is 0 Å². The van der Waals surface area contributed by atoms with Crippen LogP contribution in [0.4, 0.5) is 0 Å². The highest BCUT2D eigenvalue weighted by Gasteiger charge is 2.04. The van der Waals surface area contributed by atoms with E-state index in [1.54, 1.807) is 14.1 Å². The van der Waals surface area contributed by atoms with Gasteiger partial charge in [-0.25, -0.2) is 0 Å². The lowest BCUT2D eigenvalue weighted by atomic mass is 10.0. The molecule has 0 radical (unpaired) electrons. The summed E-state index contributed by atoms with van der Waals surface area (Å²) in [5.41, 5.74) is 6.01. The average Bonchev–Trinajstić information content (AvgIpc) is 2.59. The van der Waals surface area contributed by atoms with E-state index in [1.807, 2.05) is 0 Å². The second-order valence-corrected chi connectivity index (χ2v) is 8.56. The molecular formula is C23H48N2O. The van der Waals surface area contributed by atoms with Crippen molar-refractivity contribution in [3.8, 4) is 0 Å². The van der Waals surface area contributed by atoms with E-state index in [0.717, 1.165) is 12.8 Å². The van der Waals surface area contributed by atoms with Crippen LogP contribution in [-0.4, -0.2) is 31.3 Å². The van der Waals surface area contributed by atoms with Gasteiger partial charge in [-0.2, -0.15) is 0 Å². The van der Waals surface area contributed by atoms with Crippen LogP contribution in [0.25, 0.3) is 0 Å². The molecule has 3 heteroatoms. The zero-order valence-electron chi connectivity index (χ0n) is 18.2. The number of unbranched alkanes of at least 4 members (excludes halogenated alkanes) is 14. The Morgan fingerprint density at radius 3 is 1.62 bits per heavy atom. The molecule has 0 aromatic carbocycles. The fourth-order valence-electron chi connectivity index (χ4n) is 3.28. The lowest BCUT2D eigenvalue weighted by Gasteiger charge is -2.34. The number of quaternary nitrogens is 1. The van der Waals surface area contributed by atoms with Crippen molar-refractivity contribution in [3.63, 3.8) is 0 Å². The summed E-state index contributed by atoms with van der Waals surface area (Å²) in [6.07, 6.45) is 25.8. The van der Waals surface area contributed by atoms with Gasteiger partial charge in [0.25, 0.3) is 0 Å². The van der Waals surface area contributed by atoms with Gasteiger partial charge in [-0.15, -0.1) is 0 Å². The van der Waals surface area contributed by atoms with Crippen LogP contribution in [-0.2, 0) is 0 Å². The molecule has 0 spiro atoms. The first kappa shape index (κ1) is 25.6. The lowest BCUT2D eigenvalue weighted by molar-refractivity contribution is -0.840. The van der Waals surface area contributed by atoms with Crippen molar-refractivity contribution >= 4 is 0 Å². The molecule has 1 atom stereocenters. The van der Waals surface area contributed by atoms with Gasteiger partial charge in [0.1, 0.15) is 0 Å². The Bertz CT molecular complexity index is 310. The molecule has 3 nitrogen and oxygen atoms in total. The zero-order valence-corrected chi connectivity index (χ0v) is 18.2. The molecule has 26 heavy (non-hydrogen) atoms. The van der Waals surface area contributed by atoms with E-state index >= 15 is 0 Å². The molecule has 0 aromatic heterocycles. The van der Waals surface area contributed by atoms with Crippen molar-refractivity contribution < 1.29 is 4.65 Å². The maximum Gasteiger partial charge on any atom is 0.0797 e. The first-order valence-corrected chi connectivity index (χ1v) is 11.4. The molecule has 0 rings (SSSR count). The summed E-state index contributed by atoms with van der Waals surface area (Å²) in [7, 11) is 3.34. The molecular weight excluding hydrogens is 320 g/mol. The van der Waals surface area contributed by atoms with Gasteiger partial charge < -0.3 is 15.6 Å². The van der Waals surface area contributed by atoms with Crippen molar-refractivity contribution in [2.24, 2.45) is 5.73 Å². The molecule has 0 heterocycles. The van der Waals surface area contributed by atoms with Gasteiger partial charge in [-0.05, 0) is 12.8 Å². The number of hydrogen-bond donors (Lipinski definition) is 1. The van der Waals surface area contributed by atoms with Crippen LogP contribution in [0.1, 0.15) is 110 Å². The van der Waals surface area contributed by atoms with Gasteiger partial charge >= 0.3 is 0 Å². The van der Waals surface area contributed by atoms with Crippen LogP contribution in [0.5, 0.6) is 0 Å². The van der Waals surface area contributed by atoms with Crippen LogP contribution < -0.4 is 5.73 Å². The van der Waals surface area contributed by atoms with E-state index < -0.39 is 0 Å². The molecule has 0 saturated carbocycles. The quantitative estimate of drug-likeness (QED) is 0.119. The summed E-state index contributed by atoms with van der Waals surface area (Å²) in [6.45, 7) is 2.87. The third kappa shape index (κ3) is 21.7. The Hall–Kier alpha value is -0.380. The number of nitrogens with zero attached hydrogens (tertiary/aromatic N) is 1. The number of nitrogens with two attached hydrogens (primary N) is 1. The SMILES string of the molecule is CCCCCCCCCCCCCCCCC=CC(N)CC[N+](C)(C)[O-]. The molecule has 0 aliphatic heterocycles. The summed E-state index contributed by atoms with van der Waals surface area (Å²) in [6, 6.07) is 0.0352.